The summed E-state index contributed by atoms with van der Waals surface area (Å²) < 4.78 is 10.8. The summed E-state index contributed by atoms with van der Waals surface area (Å²) in [5.74, 6) is -1.23. The Kier molecular flexibility index (Phi) is 8.02. The molecule has 2 amide bonds. The number of carbonyl (C=O) groups is 3. The molecule has 2 atom stereocenters. The van der Waals surface area contributed by atoms with Crippen molar-refractivity contribution >= 4 is 18.0 Å². The van der Waals surface area contributed by atoms with Crippen LogP contribution in [0.25, 0.3) is 11.1 Å². The lowest BCUT2D eigenvalue weighted by Crippen LogP contribution is -2.55. The number of carboxylic acid groups (broad SMARTS) is 1. The van der Waals surface area contributed by atoms with Crippen molar-refractivity contribution < 1.29 is 29.0 Å². The predicted octanol–water partition coefficient (Wildman–Crippen LogP) is 3.79. The second kappa shape index (κ2) is 11.4. The molecule has 8 heteroatoms. The van der Waals surface area contributed by atoms with Crippen LogP contribution in [-0.2, 0) is 19.1 Å². The average Bonchev–Trinajstić information content (AvgIpc) is 3.19. The second-order valence-electron chi connectivity index (χ2n) is 9.09. The molecule has 0 aromatic heterocycles. The molecule has 8 nitrogen and oxygen atoms in total. The molecule has 2 aliphatic rings. The molecule has 4 rings (SSSR count). The number of piperidine rings is 1. The van der Waals surface area contributed by atoms with E-state index in [4.69, 9.17) is 14.6 Å². The van der Waals surface area contributed by atoms with E-state index < -0.39 is 18.1 Å². The molecule has 1 fully saturated rings. The summed E-state index contributed by atoms with van der Waals surface area (Å²) in [6.45, 7) is 0.694. The lowest BCUT2D eigenvalue weighted by molar-refractivity contribution is -0.141. The summed E-state index contributed by atoms with van der Waals surface area (Å²) in [6, 6.07) is 15.1. The average molecular weight is 481 g/mol. The molecule has 2 N–H and O–H groups in total. The third-order valence-corrected chi connectivity index (χ3v) is 6.87. The van der Waals surface area contributed by atoms with Gasteiger partial charge in [0.1, 0.15) is 12.6 Å². The lowest BCUT2D eigenvalue weighted by atomic mass is 9.97. The first-order valence-electron chi connectivity index (χ1n) is 12.1. The van der Waals surface area contributed by atoms with Crippen LogP contribution in [0.5, 0.6) is 0 Å². The number of carboxylic acids is 1. The highest BCUT2D eigenvalue weighted by Crippen LogP contribution is 2.44. The number of rotatable bonds is 9. The van der Waals surface area contributed by atoms with Crippen LogP contribution >= 0.6 is 0 Å². The normalized spacial score (nSPS) is 17.9. The molecule has 2 unspecified atom stereocenters. The van der Waals surface area contributed by atoms with Crippen LogP contribution in [0.3, 0.4) is 0 Å². The Hall–Kier alpha value is -3.39. The Balaban J connectivity index is 1.40. The molecular formula is C27H32N2O6. The molecule has 2 aromatic carbocycles. The van der Waals surface area contributed by atoms with Crippen molar-refractivity contribution in [2.45, 2.75) is 50.1 Å². The number of hydrogen-bond acceptors (Lipinski definition) is 5. The Morgan fingerprint density at radius 3 is 2.34 bits per heavy atom. The van der Waals surface area contributed by atoms with E-state index in [0.29, 0.717) is 13.0 Å². The third kappa shape index (κ3) is 5.65. The summed E-state index contributed by atoms with van der Waals surface area (Å²) in [4.78, 5) is 38.8. The highest BCUT2D eigenvalue weighted by molar-refractivity contribution is 5.86. The summed E-state index contributed by atoms with van der Waals surface area (Å²) in [5.41, 5.74) is 4.50. The number of nitrogens with one attached hydrogen (secondary N) is 1. The van der Waals surface area contributed by atoms with Crippen molar-refractivity contribution in [1.29, 1.82) is 0 Å². The number of nitrogens with zero attached hydrogens (tertiary/aromatic N) is 1. The Bertz CT molecular complexity index is 1030. The predicted molar refractivity (Wildman–Crippen MR) is 130 cm³/mol. The van der Waals surface area contributed by atoms with Gasteiger partial charge in [0.25, 0.3) is 0 Å². The topological polar surface area (TPSA) is 105 Å². The molecule has 2 aromatic rings. The highest BCUT2D eigenvalue weighted by atomic mass is 16.5. The van der Waals surface area contributed by atoms with E-state index >= 15 is 0 Å². The number of methoxy groups -OCH3 is 1. The highest BCUT2D eigenvalue weighted by Gasteiger charge is 2.34. The van der Waals surface area contributed by atoms with Crippen LogP contribution in [0.1, 0.15) is 49.1 Å². The standard InChI is InChI=1S/C27H32N2O6/c1-34-17-24(26(32)29-15-7-6-8-18(29)13-14-25(30)31)28-27(33)35-16-23-21-11-4-2-9-19(21)20-10-3-5-12-22(20)23/h2-5,9-12,18,23-24H,6-8,13-17H2,1H3,(H,28,33)(H,30,31). The Labute approximate surface area is 205 Å². The Morgan fingerprint density at radius 1 is 1.06 bits per heavy atom. The zero-order chi connectivity index (χ0) is 24.8. The summed E-state index contributed by atoms with van der Waals surface area (Å²) in [7, 11) is 1.47. The molecular weight excluding hydrogens is 448 g/mol. The smallest absolute Gasteiger partial charge is 0.407 e. The van der Waals surface area contributed by atoms with E-state index in [9.17, 15) is 14.4 Å². The molecule has 0 spiro atoms. The van der Waals surface area contributed by atoms with Crippen molar-refractivity contribution in [1.82, 2.24) is 10.2 Å². The molecule has 1 aliphatic carbocycles. The fourth-order valence-corrected chi connectivity index (χ4v) is 5.20. The van der Waals surface area contributed by atoms with Crippen LogP contribution in [0.15, 0.2) is 48.5 Å². The second-order valence-corrected chi connectivity index (χ2v) is 9.09. The minimum absolute atomic E-state index is 0.00317. The maximum atomic E-state index is 13.3. The molecule has 186 valence electrons. The van der Waals surface area contributed by atoms with Gasteiger partial charge >= 0.3 is 12.1 Å². The third-order valence-electron chi connectivity index (χ3n) is 6.87. The number of fused-ring (bicyclic) bond motifs is 3. The largest absolute Gasteiger partial charge is 0.481 e. The van der Waals surface area contributed by atoms with Crippen LogP contribution in [0.2, 0.25) is 0 Å². The van der Waals surface area contributed by atoms with Gasteiger partial charge in [-0.2, -0.15) is 0 Å². The van der Waals surface area contributed by atoms with E-state index in [1.54, 1.807) is 4.90 Å². The molecule has 35 heavy (non-hydrogen) atoms. The SMILES string of the molecule is COCC(NC(=O)OCC1c2ccccc2-c2ccccc21)C(=O)N1CCCCC1CCC(=O)O. The van der Waals surface area contributed by atoms with E-state index in [1.165, 1.54) is 7.11 Å². The van der Waals surface area contributed by atoms with Gasteiger partial charge in [-0.1, -0.05) is 48.5 Å². The Morgan fingerprint density at radius 2 is 1.71 bits per heavy atom. The van der Waals surface area contributed by atoms with Gasteiger partial charge in [-0.05, 0) is 47.9 Å². The molecule has 0 radical (unpaired) electrons. The van der Waals surface area contributed by atoms with Gasteiger partial charge in [-0.15, -0.1) is 0 Å². The zero-order valence-corrected chi connectivity index (χ0v) is 19.9. The number of hydrogen-bond donors (Lipinski definition) is 2. The van der Waals surface area contributed by atoms with Gasteiger partial charge in [0.2, 0.25) is 5.91 Å². The fourth-order valence-electron chi connectivity index (χ4n) is 5.20. The van der Waals surface area contributed by atoms with Crippen molar-refractivity contribution in [2.75, 3.05) is 26.9 Å². The van der Waals surface area contributed by atoms with Crippen molar-refractivity contribution in [3.05, 3.63) is 59.7 Å². The monoisotopic (exact) mass is 480 g/mol. The molecule has 0 saturated carbocycles. The number of aliphatic carboxylic acids is 1. The van der Waals surface area contributed by atoms with E-state index in [2.05, 4.69) is 17.4 Å². The first kappa shape index (κ1) is 24.7. The number of carbonyl (C=O) groups excluding carboxylic acids is 2. The number of ether oxygens (including phenoxy) is 2. The maximum Gasteiger partial charge on any atom is 0.407 e. The number of alkyl carbamates (subject to hydrolysis) is 1. The molecule has 0 bridgehead atoms. The number of amides is 2. The minimum atomic E-state index is -0.902. The van der Waals surface area contributed by atoms with Crippen molar-refractivity contribution in [3.8, 4) is 11.1 Å². The van der Waals surface area contributed by atoms with E-state index in [-0.39, 0.29) is 37.5 Å². The van der Waals surface area contributed by atoms with Crippen LogP contribution in [0, 0.1) is 0 Å². The van der Waals surface area contributed by atoms with E-state index in [1.807, 2.05) is 36.4 Å². The van der Waals surface area contributed by atoms with Gasteiger partial charge < -0.3 is 24.8 Å². The molecule has 1 saturated heterocycles. The van der Waals surface area contributed by atoms with Crippen LogP contribution in [0.4, 0.5) is 4.79 Å². The zero-order valence-electron chi connectivity index (χ0n) is 19.9. The lowest BCUT2D eigenvalue weighted by Gasteiger charge is -2.37. The first-order valence-corrected chi connectivity index (χ1v) is 12.1. The van der Waals surface area contributed by atoms with Gasteiger partial charge in [0.15, 0.2) is 0 Å². The quantitative estimate of drug-likeness (QED) is 0.566. The van der Waals surface area contributed by atoms with Crippen molar-refractivity contribution in [3.63, 3.8) is 0 Å². The fraction of sp³-hybridized carbons (Fsp3) is 0.444. The number of likely N-dealkylation sites (tertiary alicyclic amines) is 1. The van der Waals surface area contributed by atoms with Gasteiger partial charge in [0, 0.05) is 32.0 Å². The first-order chi connectivity index (χ1) is 17.0. The van der Waals surface area contributed by atoms with E-state index in [0.717, 1.165) is 41.5 Å². The van der Waals surface area contributed by atoms with Crippen LogP contribution < -0.4 is 5.32 Å². The van der Waals surface area contributed by atoms with Crippen LogP contribution in [-0.4, -0.2) is 66.9 Å². The maximum absolute atomic E-state index is 13.3. The van der Waals surface area contributed by atoms with Gasteiger partial charge in [-0.3, -0.25) is 9.59 Å². The number of benzene rings is 2. The molecule has 1 heterocycles. The summed E-state index contributed by atoms with van der Waals surface area (Å²) >= 11 is 0. The summed E-state index contributed by atoms with van der Waals surface area (Å²) in [6.07, 6.45) is 2.27. The molecule has 1 aliphatic heterocycles. The van der Waals surface area contributed by atoms with Gasteiger partial charge in [0.05, 0.1) is 6.61 Å². The van der Waals surface area contributed by atoms with Crippen molar-refractivity contribution in [2.24, 2.45) is 0 Å². The summed E-state index contributed by atoms with van der Waals surface area (Å²) in [5, 5.41) is 11.7. The minimum Gasteiger partial charge on any atom is -0.481 e. The van der Waals surface area contributed by atoms with Gasteiger partial charge in [-0.25, -0.2) is 4.79 Å².